The Hall–Kier alpha value is -1.89. The van der Waals surface area contributed by atoms with E-state index >= 15 is 0 Å². The Kier molecular flexibility index (Phi) is 6.87. The van der Waals surface area contributed by atoms with E-state index in [1.807, 2.05) is 0 Å². The van der Waals surface area contributed by atoms with Gasteiger partial charge in [0.05, 0.1) is 17.9 Å². The average Bonchev–Trinajstić information content (AvgIpc) is 2.41. The highest BCUT2D eigenvalue weighted by atomic mass is 79.9. The van der Waals surface area contributed by atoms with Crippen molar-refractivity contribution in [3.05, 3.63) is 28.2 Å². The summed E-state index contributed by atoms with van der Waals surface area (Å²) >= 11 is 3.29. The molecule has 2 amide bonds. The minimum absolute atomic E-state index is 0.172. The van der Waals surface area contributed by atoms with Gasteiger partial charge in [-0.1, -0.05) is 0 Å². The number of anilines is 1. The molecule has 0 fully saturated rings. The summed E-state index contributed by atoms with van der Waals surface area (Å²) in [4.78, 5) is 34.0. The van der Waals surface area contributed by atoms with Crippen LogP contribution in [0.15, 0.2) is 22.7 Å². The number of esters is 1. The van der Waals surface area contributed by atoms with Crippen LogP contribution in [-0.4, -0.2) is 30.9 Å². The third-order valence-corrected chi connectivity index (χ3v) is 3.14. The molecule has 0 aromatic heterocycles. The summed E-state index contributed by atoms with van der Waals surface area (Å²) in [5, 5.41) is 5.24. The van der Waals surface area contributed by atoms with Crippen LogP contribution in [0, 0.1) is 0 Å². The molecule has 1 aromatic carbocycles. The summed E-state index contributed by atoms with van der Waals surface area (Å²) in [5.41, 5.74) is 0.954. The monoisotopic (exact) mass is 356 g/mol. The number of rotatable bonds is 6. The predicted octanol–water partition coefficient (Wildman–Crippen LogP) is 2.09. The second-order valence-electron chi connectivity index (χ2n) is 4.20. The maximum atomic E-state index is 11.7. The van der Waals surface area contributed by atoms with E-state index in [0.717, 1.165) is 0 Å². The molecule has 0 heterocycles. The lowest BCUT2D eigenvalue weighted by Gasteiger charge is -2.09. The molecule has 21 heavy (non-hydrogen) atoms. The van der Waals surface area contributed by atoms with Crippen LogP contribution in [0.2, 0.25) is 0 Å². The zero-order valence-corrected chi connectivity index (χ0v) is 13.5. The largest absolute Gasteiger partial charge is 0.462 e. The number of halogens is 1. The number of carbonyl (C=O) groups excluding carboxylic acids is 3. The van der Waals surface area contributed by atoms with Crippen LogP contribution in [0.4, 0.5) is 5.69 Å². The fourth-order valence-electron chi connectivity index (χ4n) is 1.52. The molecule has 0 saturated heterocycles. The quantitative estimate of drug-likeness (QED) is 0.764. The standard InChI is InChI=1S/C14H17BrN2O4/c1-3-21-14(20)10-4-5-12(11(15)8-10)17-13(19)6-7-16-9(2)18/h4-5,8H,3,6-7H2,1-2H3,(H,16,18)(H,17,19). The Balaban J connectivity index is 2.62. The van der Waals surface area contributed by atoms with Crippen molar-refractivity contribution < 1.29 is 19.1 Å². The van der Waals surface area contributed by atoms with Gasteiger partial charge in [-0.2, -0.15) is 0 Å². The average molecular weight is 357 g/mol. The van der Waals surface area contributed by atoms with Gasteiger partial charge in [-0.05, 0) is 41.1 Å². The second kappa shape index (κ2) is 8.41. The van der Waals surface area contributed by atoms with Crippen LogP contribution in [0.25, 0.3) is 0 Å². The number of hydrogen-bond donors (Lipinski definition) is 2. The van der Waals surface area contributed by atoms with E-state index in [-0.39, 0.29) is 24.8 Å². The summed E-state index contributed by atoms with van der Waals surface area (Å²) in [6.07, 6.45) is 0.172. The van der Waals surface area contributed by atoms with E-state index in [2.05, 4.69) is 26.6 Å². The lowest BCUT2D eigenvalue weighted by atomic mass is 10.2. The predicted molar refractivity (Wildman–Crippen MR) is 82.0 cm³/mol. The SMILES string of the molecule is CCOC(=O)c1ccc(NC(=O)CCNC(C)=O)c(Br)c1. The molecule has 7 heteroatoms. The van der Waals surface area contributed by atoms with E-state index in [0.29, 0.717) is 22.3 Å². The van der Waals surface area contributed by atoms with Crippen molar-refractivity contribution in [1.82, 2.24) is 5.32 Å². The molecule has 6 nitrogen and oxygen atoms in total. The molecule has 2 N–H and O–H groups in total. The molecular weight excluding hydrogens is 340 g/mol. The van der Waals surface area contributed by atoms with E-state index in [1.165, 1.54) is 6.92 Å². The van der Waals surface area contributed by atoms with Gasteiger partial charge in [0.2, 0.25) is 11.8 Å². The molecule has 0 radical (unpaired) electrons. The molecule has 0 unspecified atom stereocenters. The van der Waals surface area contributed by atoms with Crippen molar-refractivity contribution in [2.75, 3.05) is 18.5 Å². The van der Waals surface area contributed by atoms with Crippen LogP contribution in [-0.2, 0) is 14.3 Å². The number of ether oxygens (including phenoxy) is 1. The zero-order valence-electron chi connectivity index (χ0n) is 11.9. The molecular formula is C14H17BrN2O4. The molecule has 0 bridgehead atoms. The first-order valence-electron chi connectivity index (χ1n) is 6.45. The summed E-state index contributed by atoms with van der Waals surface area (Å²) < 4.78 is 5.48. The second-order valence-corrected chi connectivity index (χ2v) is 5.05. The maximum Gasteiger partial charge on any atom is 0.338 e. The van der Waals surface area contributed by atoms with Crippen LogP contribution in [0.3, 0.4) is 0 Å². The molecule has 1 rings (SSSR count). The van der Waals surface area contributed by atoms with Gasteiger partial charge >= 0.3 is 5.97 Å². The van der Waals surface area contributed by atoms with Crippen molar-refractivity contribution >= 4 is 39.4 Å². The minimum Gasteiger partial charge on any atom is -0.462 e. The Bertz CT molecular complexity index is 546. The first-order chi connectivity index (χ1) is 9.93. The Labute approximate surface area is 131 Å². The molecule has 0 saturated carbocycles. The Morgan fingerprint density at radius 1 is 1.29 bits per heavy atom. The molecule has 0 atom stereocenters. The molecule has 0 aliphatic heterocycles. The van der Waals surface area contributed by atoms with Crippen molar-refractivity contribution in [3.63, 3.8) is 0 Å². The summed E-state index contributed by atoms with van der Waals surface area (Å²) in [7, 11) is 0. The third kappa shape index (κ3) is 5.95. The van der Waals surface area contributed by atoms with Gasteiger partial charge in [-0.3, -0.25) is 9.59 Å². The van der Waals surface area contributed by atoms with E-state index in [9.17, 15) is 14.4 Å². The third-order valence-electron chi connectivity index (χ3n) is 2.48. The number of nitrogens with one attached hydrogen (secondary N) is 2. The van der Waals surface area contributed by atoms with Crippen LogP contribution in [0.5, 0.6) is 0 Å². The molecule has 0 spiro atoms. The van der Waals surface area contributed by atoms with Crippen molar-refractivity contribution in [1.29, 1.82) is 0 Å². The van der Waals surface area contributed by atoms with Crippen LogP contribution < -0.4 is 10.6 Å². The van der Waals surface area contributed by atoms with E-state index < -0.39 is 5.97 Å². The van der Waals surface area contributed by atoms with Crippen LogP contribution in [0.1, 0.15) is 30.6 Å². The van der Waals surface area contributed by atoms with Crippen LogP contribution >= 0.6 is 15.9 Å². The Morgan fingerprint density at radius 2 is 2.00 bits per heavy atom. The molecule has 0 aliphatic carbocycles. The first-order valence-corrected chi connectivity index (χ1v) is 7.24. The highest BCUT2D eigenvalue weighted by Crippen LogP contribution is 2.24. The van der Waals surface area contributed by atoms with Crippen molar-refractivity contribution in [2.45, 2.75) is 20.3 Å². The topological polar surface area (TPSA) is 84.5 Å². The lowest BCUT2D eigenvalue weighted by Crippen LogP contribution is -2.25. The fraction of sp³-hybridized carbons (Fsp3) is 0.357. The minimum atomic E-state index is -0.415. The fourth-order valence-corrected chi connectivity index (χ4v) is 2.00. The summed E-state index contributed by atoms with van der Waals surface area (Å²) in [6, 6.07) is 4.78. The number of carbonyl (C=O) groups is 3. The van der Waals surface area contributed by atoms with Crippen molar-refractivity contribution in [2.24, 2.45) is 0 Å². The van der Waals surface area contributed by atoms with Gasteiger partial charge in [0.1, 0.15) is 0 Å². The van der Waals surface area contributed by atoms with Gasteiger partial charge < -0.3 is 15.4 Å². The highest BCUT2D eigenvalue weighted by Gasteiger charge is 2.11. The Morgan fingerprint density at radius 3 is 2.57 bits per heavy atom. The zero-order chi connectivity index (χ0) is 15.8. The highest BCUT2D eigenvalue weighted by molar-refractivity contribution is 9.10. The van der Waals surface area contributed by atoms with Gasteiger partial charge in [0, 0.05) is 24.4 Å². The lowest BCUT2D eigenvalue weighted by molar-refractivity contribution is -0.119. The van der Waals surface area contributed by atoms with Crippen molar-refractivity contribution in [3.8, 4) is 0 Å². The smallest absolute Gasteiger partial charge is 0.338 e. The summed E-state index contributed by atoms with van der Waals surface area (Å²) in [5.74, 6) is -0.821. The van der Waals surface area contributed by atoms with Gasteiger partial charge in [-0.15, -0.1) is 0 Å². The van der Waals surface area contributed by atoms with Gasteiger partial charge in [0.15, 0.2) is 0 Å². The van der Waals surface area contributed by atoms with E-state index in [1.54, 1.807) is 25.1 Å². The first kappa shape index (κ1) is 17.2. The number of benzene rings is 1. The maximum absolute atomic E-state index is 11.7. The van der Waals surface area contributed by atoms with Gasteiger partial charge in [0.25, 0.3) is 0 Å². The molecule has 0 aliphatic rings. The number of amides is 2. The normalized spacial score (nSPS) is 9.86. The van der Waals surface area contributed by atoms with Gasteiger partial charge in [-0.25, -0.2) is 4.79 Å². The molecule has 114 valence electrons. The van der Waals surface area contributed by atoms with E-state index in [4.69, 9.17) is 4.74 Å². The molecule has 1 aromatic rings. The number of hydrogen-bond acceptors (Lipinski definition) is 4. The summed E-state index contributed by atoms with van der Waals surface area (Å²) in [6.45, 7) is 3.71.